The predicted octanol–water partition coefficient (Wildman–Crippen LogP) is 3.05. The number of hydrogen-bond donors (Lipinski definition) is 2. The van der Waals surface area contributed by atoms with E-state index in [0.29, 0.717) is 18.5 Å². The number of anilines is 1. The van der Waals surface area contributed by atoms with Gasteiger partial charge in [-0.25, -0.2) is 9.18 Å². The number of hydrogen-bond acceptors (Lipinski definition) is 2. The zero-order chi connectivity index (χ0) is 12.9. The fourth-order valence-electron chi connectivity index (χ4n) is 1.50. The van der Waals surface area contributed by atoms with Gasteiger partial charge in [-0.3, -0.25) is 0 Å². The monoisotopic (exact) mass is 237 g/mol. The molecule has 1 aromatic carbocycles. The van der Waals surface area contributed by atoms with E-state index in [1.165, 1.54) is 18.2 Å². The van der Waals surface area contributed by atoms with Crippen molar-refractivity contribution >= 4 is 11.7 Å². The fourth-order valence-corrected chi connectivity index (χ4v) is 1.50. The molecule has 0 bridgehead atoms. The second-order valence-corrected chi connectivity index (χ2v) is 4.10. The lowest BCUT2D eigenvalue weighted by Gasteiger charge is -2.27. The van der Waals surface area contributed by atoms with Gasteiger partial charge >= 0.3 is 5.97 Å². The van der Waals surface area contributed by atoms with E-state index in [4.69, 9.17) is 0 Å². The molecule has 0 heterocycles. The van der Waals surface area contributed by atoms with E-state index in [1.807, 2.05) is 0 Å². The summed E-state index contributed by atoms with van der Waals surface area (Å²) in [5.74, 6) is -1.37. The van der Waals surface area contributed by atoms with Crippen LogP contribution in [0.3, 0.4) is 0 Å². The maximum Gasteiger partial charge on any atom is 0.329 e. The van der Waals surface area contributed by atoms with Gasteiger partial charge in [-0.2, -0.15) is 0 Å². The molecule has 0 radical (unpaired) electrons. The van der Waals surface area contributed by atoms with E-state index in [9.17, 15) is 14.3 Å². The SMILES string of the molecule is C=CCCC(C)(Nc1cccc(F)c1)C(=O)O. The Labute approximate surface area is 100.0 Å². The summed E-state index contributed by atoms with van der Waals surface area (Å²) in [6.07, 6.45) is 2.63. The quantitative estimate of drug-likeness (QED) is 0.747. The van der Waals surface area contributed by atoms with Crippen LogP contribution in [-0.4, -0.2) is 16.6 Å². The van der Waals surface area contributed by atoms with Crippen molar-refractivity contribution in [2.75, 3.05) is 5.32 Å². The molecule has 1 unspecified atom stereocenters. The Morgan fingerprint density at radius 2 is 2.35 bits per heavy atom. The average molecular weight is 237 g/mol. The molecule has 3 nitrogen and oxygen atoms in total. The fraction of sp³-hybridized carbons (Fsp3) is 0.308. The molecule has 17 heavy (non-hydrogen) atoms. The zero-order valence-electron chi connectivity index (χ0n) is 9.74. The van der Waals surface area contributed by atoms with Crippen molar-refractivity contribution < 1.29 is 14.3 Å². The molecule has 0 amide bonds. The van der Waals surface area contributed by atoms with Crippen molar-refractivity contribution in [1.29, 1.82) is 0 Å². The summed E-state index contributed by atoms with van der Waals surface area (Å²) >= 11 is 0. The van der Waals surface area contributed by atoms with Gasteiger partial charge in [0.25, 0.3) is 0 Å². The zero-order valence-corrected chi connectivity index (χ0v) is 9.74. The number of benzene rings is 1. The first-order chi connectivity index (χ1) is 7.98. The molecular formula is C13H16FNO2. The highest BCUT2D eigenvalue weighted by Crippen LogP contribution is 2.21. The molecule has 92 valence electrons. The van der Waals surface area contributed by atoms with Gasteiger partial charge in [0, 0.05) is 5.69 Å². The lowest BCUT2D eigenvalue weighted by Crippen LogP contribution is -2.43. The lowest BCUT2D eigenvalue weighted by atomic mass is 9.95. The largest absolute Gasteiger partial charge is 0.480 e. The second-order valence-electron chi connectivity index (χ2n) is 4.10. The van der Waals surface area contributed by atoms with Gasteiger partial charge in [-0.15, -0.1) is 6.58 Å². The third kappa shape index (κ3) is 3.59. The molecule has 1 atom stereocenters. The summed E-state index contributed by atoms with van der Waals surface area (Å²) in [5, 5.41) is 12.0. The highest BCUT2D eigenvalue weighted by molar-refractivity contribution is 5.82. The first-order valence-electron chi connectivity index (χ1n) is 5.36. The van der Waals surface area contributed by atoms with Gasteiger partial charge in [0.2, 0.25) is 0 Å². The number of nitrogens with one attached hydrogen (secondary N) is 1. The summed E-state index contributed by atoms with van der Waals surface area (Å²) in [4.78, 5) is 11.2. The summed E-state index contributed by atoms with van der Waals surface area (Å²) in [7, 11) is 0. The van der Waals surface area contributed by atoms with Crippen LogP contribution in [0.25, 0.3) is 0 Å². The smallest absolute Gasteiger partial charge is 0.329 e. The molecule has 1 aromatic rings. The maximum absolute atomic E-state index is 13.0. The van der Waals surface area contributed by atoms with Crippen LogP contribution in [0.15, 0.2) is 36.9 Å². The highest BCUT2D eigenvalue weighted by Gasteiger charge is 2.32. The Hall–Kier alpha value is -1.84. The Morgan fingerprint density at radius 3 is 2.88 bits per heavy atom. The van der Waals surface area contributed by atoms with Gasteiger partial charge in [0.1, 0.15) is 11.4 Å². The van der Waals surface area contributed by atoms with E-state index >= 15 is 0 Å². The van der Waals surface area contributed by atoms with Crippen LogP contribution in [-0.2, 0) is 4.79 Å². The van der Waals surface area contributed by atoms with E-state index < -0.39 is 17.3 Å². The number of rotatable bonds is 6. The first kappa shape index (κ1) is 13.2. The molecule has 1 rings (SSSR count). The van der Waals surface area contributed by atoms with Crippen molar-refractivity contribution in [3.63, 3.8) is 0 Å². The molecule has 0 saturated heterocycles. The van der Waals surface area contributed by atoms with E-state index in [2.05, 4.69) is 11.9 Å². The molecular weight excluding hydrogens is 221 g/mol. The van der Waals surface area contributed by atoms with Gasteiger partial charge in [0.05, 0.1) is 0 Å². The Morgan fingerprint density at radius 1 is 1.65 bits per heavy atom. The molecule has 4 heteroatoms. The first-order valence-corrected chi connectivity index (χ1v) is 5.36. The normalized spacial score (nSPS) is 13.8. The van der Waals surface area contributed by atoms with Crippen molar-refractivity contribution in [2.24, 2.45) is 0 Å². The van der Waals surface area contributed by atoms with Gasteiger partial charge in [-0.1, -0.05) is 12.1 Å². The van der Waals surface area contributed by atoms with Crippen molar-refractivity contribution in [2.45, 2.75) is 25.3 Å². The minimum Gasteiger partial charge on any atom is -0.480 e. The van der Waals surface area contributed by atoms with Gasteiger partial charge in [0.15, 0.2) is 0 Å². The minimum atomic E-state index is -1.12. The summed E-state index contributed by atoms with van der Waals surface area (Å²) in [6, 6.07) is 5.76. The molecule has 0 aliphatic heterocycles. The van der Waals surface area contributed by atoms with Crippen molar-refractivity contribution in [1.82, 2.24) is 0 Å². The number of carboxylic acid groups (broad SMARTS) is 1. The number of allylic oxidation sites excluding steroid dienone is 1. The van der Waals surface area contributed by atoms with Crippen molar-refractivity contribution in [3.8, 4) is 0 Å². The molecule has 0 saturated carbocycles. The molecule has 0 spiro atoms. The second kappa shape index (κ2) is 5.48. The molecule has 0 aromatic heterocycles. The third-order valence-electron chi connectivity index (χ3n) is 2.57. The van der Waals surface area contributed by atoms with E-state index in [-0.39, 0.29) is 0 Å². The predicted molar refractivity (Wildman–Crippen MR) is 65.5 cm³/mol. The standard InChI is InChI=1S/C13H16FNO2/c1-3-4-8-13(2,12(16)17)15-11-7-5-6-10(14)9-11/h3,5-7,9,15H,1,4,8H2,2H3,(H,16,17). The maximum atomic E-state index is 13.0. The van der Waals surface area contributed by atoms with E-state index in [0.717, 1.165) is 0 Å². The number of carbonyl (C=O) groups is 1. The number of carboxylic acids is 1. The average Bonchev–Trinajstić information content (AvgIpc) is 2.26. The summed E-state index contributed by atoms with van der Waals surface area (Å²) in [5.41, 5.74) is -0.666. The van der Waals surface area contributed by atoms with Crippen molar-refractivity contribution in [3.05, 3.63) is 42.7 Å². The minimum absolute atomic E-state index is 0.391. The Kier molecular flexibility index (Phi) is 4.26. The van der Waals surface area contributed by atoms with Crippen LogP contribution in [0.4, 0.5) is 10.1 Å². The van der Waals surface area contributed by atoms with Crippen LogP contribution in [0.5, 0.6) is 0 Å². The van der Waals surface area contributed by atoms with Gasteiger partial charge in [-0.05, 0) is 38.0 Å². The lowest BCUT2D eigenvalue weighted by molar-refractivity contribution is -0.141. The van der Waals surface area contributed by atoms with Crippen LogP contribution in [0, 0.1) is 5.82 Å². The van der Waals surface area contributed by atoms with Gasteiger partial charge < -0.3 is 10.4 Å². The number of aliphatic carboxylic acids is 1. The van der Waals surface area contributed by atoms with Crippen LogP contribution >= 0.6 is 0 Å². The van der Waals surface area contributed by atoms with E-state index in [1.54, 1.807) is 19.1 Å². The Bertz CT molecular complexity index is 420. The molecule has 0 fully saturated rings. The molecule has 0 aliphatic carbocycles. The highest BCUT2D eigenvalue weighted by atomic mass is 19.1. The van der Waals surface area contributed by atoms with Crippen LogP contribution < -0.4 is 5.32 Å². The third-order valence-corrected chi connectivity index (χ3v) is 2.57. The topological polar surface area (TPSA) is 49.3 Å². The molecule has 2 N–H and O–H groups in total. The summed E-state index contributed by atoms with van der Waals surface area (Å²) in [6.45, 7) is 5.14. The number of halogens is 1. The molecule has 0 aliphatic rings. The van der Waals surface area contributed by atoms with Crippen LogP contribution in [0.1, 0.15) is 19.8 Å². The summed E-state index contributed by atoms with van der Waals surface area (Å²) < 4.78 is 13.0. The van der Waals surface area contributed by atoms with Crippen LogP contribution in [0.2, 0.25) is 0 Å². The Balaban J connectivity index is 2.86.